The zero-order valence-electron chi connectivity index (χ0n) is 20.9. The number of fused-ring (bicyclic) bond motifs is 1. The third kappa shape index (κ3) is 5.07. The second-order valence-electron chi connectivity index (χ2n) is 9.62. The van der Waals surface area contributed by atoms with E-state index in [0.29, 0.717) is 0 Å². The van der Waals surface area contributed by atoms with E-state index in [9.17, 15) is 45.6 Å². The Hall–Kier alpha value is -3.47. The molecule has 5 rings (SSSR count). The standard InChI is InChI=1S/C26H28O14/c1-9-17(30)20(33)22(35)26(37-9)40-24-19(32)16-13(28)6-11(27)7-15(16)39-23(24)10-2-4-12(5-3-10)38-25-21(34)18(31)14(29)8-36-25/h2-7,9,14,17-18,20-22,25-31,33-35H,8H2,1H3/t9-,14+,17-,18-,20+,21+,22+,25-,26-/m1/s1. The van der Waals surface area contributed by atoms with Gasteiger partial charge in [-0.2, -0.15) is 0 Å². The molecule has 0 radical (unpaired) electrons. The summed E-state index contributed by atoms with van der Waals surface area (Å²) < 4.78 is 27.8. The average Bonchev–Trinajstić information content (AvgIpc) is 2.92. The van der Waals surface area contributed by atoms with E-state index in [4.69, 9.17) is 23.4 Å². The minimum Gasteiger partial charge on any atom is -0.508 e. The Balaban J connectivity index is 1.52. The van der Waals surface area contributed by atoms with E-state index in [2.05, 4.69) is 0 Å². The Morgan fingerprint density at radius 1 is 0.825 bits per heavy atom. The van der Waals surface area contributed by atoms with Gasteiger partial charge in [0.05, 0.1) is 12.7 Å². The lowest BCUT2D eigenvalue weighted by Crippen LogP contribution is -2.58. The zero-order valence-corrected chi connectivity index (χ0v) is 20.9. The molecule has 2 fully saturated rings. The van der Waals surface area contributed by atoms with Gasteiger partial charge in [-0.1, -0.05) is 0 Å². The summed E-state index contributed by atoms with van der Waals surface area (Å²) in [6.07, 6.45) is -13.0. The Morgan fingerprint density at radius 2 is 1.50 bits per heavy atom. The molecule has 14 heteroatoms. The van der Waals surface area contributed by atoms with E-state index in [1.165, 1.54) is 31.2 Å². The zero-order chi connectivity index (χ0) is 28.9. The van der Waals surface area contributed by atoms with E-state index < -0.39 is 72.2 Å². The smallest absolute Gasteiger partial charge is 0.239 e. The average molecular weight is 564 g/mol. The highest BCUT2D eigenvalue weighted by Crippen LogP contribution is 2.37. The second-order valence-corrected chi connectivity index (χ2v) is 9.62. The Labute approximate surface area is 225 Å². The Bertz CT molecular complexity index is 1420. The highest BCUT2D eigenvalue weighted by molar-refractivity contribution is 5.88. The van der Waals surface area contributed by atoms with Crippen molar-refractivity contribution >= 4 is 11.0 Å². The number of aromatic hydroxyl groups is 2. The van der Waals surface area contributed by atoms with Crippen LogP contribution in [0.4, 0.5) is 0 Å². The molecule has 2 aromatic carbocycles. The van der Waals surface area contributed by atoms with E-state index in [0.717, 1.165) is 12.1 Å². The van der Waals surface area contributed by atoms with Gasteiger partial charge in [0.1, 0.15) is 64.8 Å². The van der Waals surface area contributed by atoms with Gasteiger partial charge in [-0.15, -0.1) is 0 Å². The Kier molecular flexibility index (Phi) is 7.60. The van der Waals surface area contributed by atoms with E-state index in [1.54, 1.807) is 0 Å². The molecule has 14 nitrogen and oxygen atoms in total. The lowest BCUT2D eigenvalue weighted by atomic mass is 10.00. The van der Waals surface area contributed by atoms with Gasteiger partial charge >= 0.3 is 0 Å². The number of rotatable bonds is 5. The van der Waals surface area contributed by atoms with Gasteiger partial charge in [0, 0.05) is 17.7 Å². The first-order chi connectivity index (χ1) is 19.0. The molecular formula is C26H28O14. The normalized spacial score (nSPS) is 32.6. The first kappa shape index (κ1) is 28.1. The number of aliphatic hydroxyl groups excluding tert-OH is 6. The highest BCUT2D eigenvalue weighted by atomic mass is 16.7. The van der Waals surface area contributed by atoms with E-state index in [-0.39, 0.29) is 40.4 Å². The summed E-state index contributed by atoms with van der Waals surface area (Å²) in [5.74, 6) is -1.52. The molecule has 2 aliphatic heterocycles. The molecule has 40 heavy (non-hydrogen) atoms. The SMILES string of the molecule is C[C@H]1O[C@H](Oc2c(-c3ccc(O[C@H]4OC[C@H](O)[C@@H](O)[C@@H]4O)cc3)oc3cc(O)cc(O)c3c2=O)[C@@H](O)[C@@H](O)[C@@H]1O. The van der Waals surface area contributed by atoms with Gasteiger partial charge < -0.3 is 64.2 Å². The van der Waals surface area contributed by atoms with Gasteiger partial charge in [0.25, 0.3) is 0 Å². The molecule has 3 aromatic rings. The van der Waals surface area contributed by atoms with Gasteiger partial charge in [-0.3, -0.25) is 4.79 Å². The number of aliphatic hydroxyl groups is 6. The van der Waals surface area contributed by atoms with Crippen molar-refractivity contribution in [2.75, 3.05) is 6.61 Å². The van der Waals surface area contributed by atoms with Crippen molar-refractivity contribution in [2.45, 2.75) is 62.2 Å². The maximum atomic E-state index is 13.5. The van der Waals surface area contributed by atoms with Crippen LogP contribution in [0.1, 0.15) is 6.92 Å². The van der Waals surface area contributed by atoms with Crippen molar-refractivity contribution in [3.05, 3.63) is 46.6 Å². The van der Waals surface area contributed by atoms with Crippen LogP contribution in [0, 0.1) is 0 Å². The van der Waals surface area contributed by atoms with Crippen molar-refractivity contribution < 1.29 is 64.2 Å². The van der Waals surface area contributed by atoms with Gasteiger partial charge in [-0.05, 0) is 31.2 Å². The lowest BCUT2D eigenvalue weighted by Gasteiger charge is -2.38. The van der Waals surface area contributed by atoms with Gasteiger partial charge in [-0.25, -0.2) is 0 Å². The second kappa shape index (κ2) is 10.8. The monoisotopic (exact) mass is 564 g/mol. The van der Waals surface area contributed by atoms with Crippen LogP contribution in [0.3, 0.4) is 0 Å². The number of hydrogen-bond acceptors (Lipinski definition) is 14. The number of phenols is 2. The summed E-state index contributed by atoms with van der Waals surface area (Å²) >= 11 is 0. The molecule has 0 amide bonds. The molecule has 9 atom stereocenters. The maximum Gasteiger partial charge on any atom is 0.239 e. The summed E-state index contributed by atoms with van der Waals surface area (Å²) in [6.45, 7) is 1.17. The fourth-order valence-electron chi connectivity index (χ4n) is 4.49. The van der Waals surface area contributed by atoms with Crippen molar-refractivity contribution in [1.29, 1.82) is 0 Å². The molecule has 8 N–H and O–H groups in total. The largest absolute Gasteiger partial charge is 0.508 e. The first-order valence-corrected chi connectivity index (χ1v) is 12.3. The van der Waals surface area contributed by atoms with Gasteiger partial charge in [0.15, 0.2) is 5.76 Å². The van der Waals surface area contributed by atoms with E-state index in [1.807, 2.05) is 0 Å². The van der Waals surface area contributed by atoms with Gasteiger partial charge in [0.2, 0.25) is 23.8 Å². The number of benzene rings is 2. The molecule has 3 heterocycles. The molecule has 2 aliphatic rings. The van der Waals surface area contributed by atoms with Crippen LogP contribution in [-0.4, -0.2) is 103 Å². The number of phenolic OH excluding ortho intramolecular Hbond substituents is 2. The van der Waals surface area contributed by atoms with Crippen molar-refractivity contribution in [3.63, 3.8) is 0 Å². The topological polar surface area (TPSA) is 229 Å². The summed E-state index contributed by atoms with van der Waals surface area (Å²) in [6, 6.07) is 7.76. The maximum absolute atomic E-state index is 13.5. The van der Waals surface area contributed by atoms with Crippen LogP contribution in [-0.2, 0) is 9.47 Å². The van der Waals surface area contributed by atoms with Crippen LogP contribution in [0.2, 0.25) is 0 Å². The highest BCUT2D eigenvalue weighted by Gasteiger charge is 2.44. The predicted octanol–water partition coefficient (Wildman–Crippen LogP) is -1.10. The first-order valence-electron chi connectivity index (χ1n) is 12.3. The van der Waals surface area contributed by atoms with Crippen molar-refractivity contribution in [2.24, 2.45) is 0 Å². The fourth-order valence-corrected chi connectivity index (χ4v) is 4.49. The summed E-state index contributed by atoms with van der Waals surface area (Å²) in [5.41, 5.74) is -0.849. The quantitative estimate of drug-likeness (QED) is 0.184. The molecule has 0 bridgehead atoms. The van der Waals surface area contributed by atoms with Crippen LogP contribution >= 0.6 is 0 Å². The minimum atomic E-state index is -1.76. The third-order valence-electron chi connectivity index (χ3n) is 6.78. The minimum absolute atomic E-state index is 0.175. The molecule has 2 saturated heterocycles. The lowest BCUT2D eigenvalue weighted by molar-refractivity contribution is -0.268. The number of ether oxygens (including phenoxy) is 4. The molecule has 1 aromatic heterocycles. The molecule has 0 aliphatic carbocycles. The molecule has 0 spiro atoms. The molecule has 0 unspecified atom stereocenters. The van der Waals surface area contributed by atoms with Crippen LogP contribution in [0.5, 0.6) is 23.0 Å². The van der Waals surface area contributed by atoms with E-state index >= 15 is 0 Å². The molecule has 0 saturated carbocycles. The summed E-state index contributed by atoms with van der Waals surface area (Å²) in [4.78, 5) is 13.5. The molecule has 216 valence electrons. The molecular weight excluding hydrogens is 536 g/mol. The fraction of sp³-hybridized carbons (Fsp3) is 0.423. The third-order valence-corrected chi connectivity index (χ3v) is 6.78. The van der Waals surface area contributed by atoms with Crippen molar-refractivity contribution in [1.82, 2.24) is 0 Å². The van der Waals surface area contributed by atoms with Crippen LogP contribution < -0.4 is 14.9 Å². The summed E-state index contributed by atoms with van der Waals surface area (Å²) in [7, 11) is 0. The Morgan fingerprint density at radius 3 is 2.20 bits per heavy atom. The summed E-state index contributed by atoms with van der Waals surface area (Å²) in [5, 5.41) is 80.1. The predicted molar refractivity (Wildman–Crippen MR) is 133 cm³/mol. The number of hydrogen-bond donors (Lipinski definition) is 8. The van der Waals surface area contributed by atoms with Crippen LogP contribution in [0.15, 0.2) is 45.6 Å². The van der Waals surface area contributed by atoms with Crippen LogP contribution in [0.25, 0.3) is 22.3 Å². The van der Waals surface area contributed by atoms with Crippen molar-refractivity contribution in [3.8, 4) is 34.3 Å².